The van der Waals surface area contributed by atoms with Gasteiger partial charge in [-0.1, -0.05) is 6.92 Å². The fourth-order valence-electron chi connectivity index (χ4n) is 0.689. The Kier molecular flexibility index (Phi) is 5.53. The molecule has 12 heavy (non-hydrogen) atoms. The Morgan fingerprint density at radius 3 is 2.50 bits per heavy atom. The minimum atomic E-state index is -0.926. The predicted octanol–water partition coefficient (Wildman–Crippen LogP) is 0.329. The van der Waals surface area contributed by atoms with Gasteiger partial charge in [0.2, 0.25) is 5.91 Å². The van der Waals surface area contributed by atoms with E-state index in [1.807, 2.05) is 6.92 Å². The van der Waals surface area contributed by atoms with Crippen molar-refractivity contribution in [2.75, 3.05) is 12.8 Å². The van der Waals surface area contributed by atoms with Crippen molar-refractivity contribution in [2.24, 2.45) is 0 Å². The molecule has 0 aliphatic heterocycles. The molecule has 0 saturated heterocycles. The molecule has 4 nitrogen and oxygen atoms in total. The average Bonchev–Trinajstić information content (AvgIpc) is 2.03. The molecular weight excluding hydrogens is 178 g/mol. The predicted molar refractivity (Wildman–Crippen MR) is 48.2 cm³/mol. The molecule has 1 amide bonds. The molecule has 1 atom stereocenters. The van der Waals surface area contributed by atoms with E-state index in [9.17, 15) is 9.59 Å². The highest BCUT2D eigenvalue weighted by molar-refractivity contribution is 8.00. The summed E-state index contributed by atoms with van der Waals surface area (Å²) >= 11 is 1.27. The van der Waals surface area contributed by atoms with Crippen molar-refractivity contribution in [3.63, 3.8) is 0 Å². The summed E-state index contributed by atoms with van der Waals surface area (Å²) in [6, 6.07) is 0. The highest BCUT2D eigenvalue weighted by atomic mass is 32.2. The zero-order valence-corrected chi connectivity index (χ0v) is 7.98. The zero-order chi connectivity index (χ0) is 9.56. The third-order valence-corrected chi connectivity index (χ3v) is 2.40. The molecule has 1 unspecified atom stereocenters. The summed E-state index contributed by atoms with van der Waals surface area (Å²) in [7, 11) is 1.50. The van der Waals surface area contributed by atoms with Gasteiger partial charge in [0.05, 0.1) is 0 Å². The molecule has 0 spiro atoms. The number of amides is 1. The summed E-state index contributed by atoms with van der Waals surface area (Å²) in [4.78, 5) is 21.4. The molecule has 70 valence electrons. The van der Waals surface area contributed by atoms with Gasteiger partial charge in [-0.3, -0.25) is 9.59 Å². The third kappa shape index (κ3) is 4.23. The summed E-state index contributed by atoms with van der Waals surface area (Å²) in [5, 5.41) is 10.4. The van der Waals surface area contributed by atoms with Crippen molar-refractivity contribution in [3.8, 4) is 0 Å². The number of hydrogen-bond donors (Lipinski definition) is 2. The van der Waals surface area contributed by atoms with Crippen molar-refractivity contribution in [2.45, 2.75) is 18.6 Å². The van der Waals surface area contributed by atoms with Crippen LogP contribution >= 0.6 is 11.8 Å². The Labute approximate surface area is 75.7 Å². The van der Waals surface area contributed by atoms with Gasteiger partial charge in [0, 0.05) is 13.5 Å². The quantitative estimate of drug-likeness (QED) is 0.657. The zero-order valence-electron chi connectivity index (χ0n) is 7.16. The molecule has 0 aliphatic rings. The van der Waals surface area contributed by atoms with Gasteiger partial charge >= 0.3 is 5.97 Å². The third-order valence-electron chi connectivity index (χ3n) is 1.29. The van der Waals surface area contributed by atoms with Crippen LogP contribution in [0.5, 0.6) is 0 Å². The summed E-state index contributed by atoms with van der Waals surface area (Å²) in [6.45, 7) is 1.87. The molecule has 0 rings (SSSR count). The molecule has 5 heteroatoms. The summed E-state index contributed by atoms with van der Waals surface area (Å²) in [5.74, 6) is -0.456. The van der Waals surface area contributed by atoms with Crippen LogP contribution < -0.4 is 5.32 Å². The van der Waals surface area contributed by atoms with E-state index in [1.54, 1.807) is 0 Å². The van der Waals surface area contributed by atoms with Crippen LogP contribution in [0.15, 0.2) is 0 Å². The number of hydrogen-bond acceptors (Lipinski definition) is 3. The SMILES string of the molecule is CCSC(CC(=O)NC)C(=O)O. The highest BCUT2D eigenvalue weighted by Crippen LogP contribution is 2.13. The van der Waals surface area contributed by atoms with Crippen LogP contribution in [0.2, 0.25) is 0 Å². The number of thioether (sulfide) groups is 1. The van der Waals surface area contributed by atoms with Crippen LogP contribution in [-0.2, 0) is 9.59 Å². The molecule has 0 fully saturated rings. The minimum Gasteiger partial charge on any atom is -0.480 e. The minimum absolute atomic E-state index is 0.0460. The maximum Gasteiger partial charge on any atom is 0.317 e. The van der Waals surface area contributed by atoms with Crippen molar-refractivity contribution < 1.29 is 14.7 Å². The first-order valence-electron chi connectivity index (χ1n) is 3.66. The van der Waals surface area contributed by atoms with Gasteiger partial charge in [-0.2, -0.15) is 0 Å². The Morgan fingerprint density at radius 1 is 1.58 bits per heavy atom. The summed E-state index contributed by atoms with van der Waals surface area (Å²) < 4.78 is 0. The first-order chi connectivity index (χ1) is 5.61. The first kappa shape index (κ1) is 11.3. The molecular formula is C7H13NO3S. The number of carbonyl (C=O) groups is 2. The van der Waals surface area contributed by atoms with E-state index in [-0.39, 0.29) is 12.3 Å². The van der Waals surface area contributed by atoms with Gasteiger partial charge in [-0.15, -0.1) is 11.8 Å². The van der Waals surface area contributed by atoms with Crippen LogP contribution in [0, 0.1) is 0 Å². The van der Waals surface area contributed by atoms with E-state index in [2.05, 4.69) is 5.32 Å². The lowest BCUT2D eigenvalue weighted by Gasteiger charge is -2.08. The largest absolute Gasteiger partial charge is 0.480 e. The molecule has 0 aromatic rings. The van der Waals surface area contributed by atoms with Gasteiger partial charge < -0.3 is 10.4 Å². The van der Waals surface area contributed by atoms with Crippen LogP contribution in [0.4, 0.5) is 0 Å². The molecule has 0 radical (unpaired) electrons. The second kappa shape index (κ2) is 5.88. The van der Waals surface area contributed by atoms with Gasteiger partial charge in [-0.25, -0.2) is 0 Å². The molecule has 0 heterocycles. The fourth-order valence-corrected chi connectivity index (χ4v) is 1.50. The van der Waals surface area contributed by atoms with E-state index in [4.69, 9.17) is 5.11 Å². The van der Waals surface area contributed by atoms with Crippen molar-refractivity contribution >= 4 is 23.6 Å². The van der Waals surface area contributed by atoms with Crippen LogP contribution in [0.25, 0.3) is 0 Å². The van der Waals surface area contributed by atoms with Gasteiger partial charge in [-0.05, 0) is 5.75 Å². The maximum absolute atomic E-state index is 10.8. The highest BCUT2D eigenvalue weighted by Gasteiger charge is 2.19. The van der Waals surface area contributed by atoms with E-state index in [0.29, 0.717) is 5.75 Å². The van der Waals surface area contributed by atoms with Crippen molar-refractivity contribution in [3.05, 3.63) is 0 Å². The van der Waals surface area contributed by atoms with Crippen LogP contribution in [-0.4, -0.2) is 35.0 Å². The summed E-state index contributed by atoms with van der Waals surface area (Å²) in [6.07, 6.45) is 0.0460. The Hall–Kier alpha value is -0.710. The van der Waals surface area contributed by atoms with E-state index >= 15 is 0 Å². The number of carboxylic acids is 1. The normalized spacial score (nSPS) is 12.2. The lowest BCUT2D eigenvalue weighted by molar-refractivity contribution is -0.138. The van der Waals surface area contributed by atoms with Crippen LogP contribution in [0.3, 0.4) is 0 Å². The Morgan fingerprint density at radius 2 is 2.17 bits per heavy atom. The number of nitrogens with one attached hydrogen (secondary N) is 1. The molecule has 0 saturated carbocycles. The average molecular weight is 191 g/mol. The van der Waals surface area contributed by atoms with Gasteiger partial charge in [0.25, 0.3) is 0 Å². The number of carbonyl (C=O) groups excluding carboxylic acids is 1. The van der Waals surface area contributed by atoms with E-state index in [0.717, 1.165) is 0 Å². The molecule has 0 aliphatic carbocycles. The van der Waals surface area contributed by atoms with Crippen molar-refractivity contribution in [1.82, 2.24) is 5.32 Å². The fraction of sp³-hybridized carbons (Fsp3) is 0.714. The number of rotatable bonds is 5. The number of carboxylic acid groups (broad SMARTS) is 1. The monoisotopic (exact) mass is 191 g/mol. The van der Waals surface area contributed by atoms with Gasteiger partial charge in [0.1, 0.15) is 5.25 Å². The van der Waals surface area contributed by atoms with E-state index < -0.39 is 11.2 Å². The second-order valence-corrected chi connectivity index (χ2v) is 3.64. The molecule has 0 aromatic heterocycles. The van der Waals surface area contributed by atoms with Crippen LogP contribution in [0.1, 0.15) is 13.3 Å². The Bertz CT molecular complexity index is 170. The smallest absolute Gasteiger partial charge is 0.317 e. The maximum atomic E-state index is 10.8. The van der Waals surface area contributed by atoms with Crippen molar-refractivity contribution in [1.29, 1.82) is 0 Å². The van der Waals surface area contributed by atoms with Gasteiger partial charge in [0.15, 0.2) is 0 Å². The molecule has 0 bridgehead atoms. The first-order valence-corrected chi connectivity index (χ1v) is 4.71. The topological polar surface area (TPSA) is 66.4 Å². The number of aliphatic carboxylic acids is 1. The molecule has 0 aromatic carbocycles. The lowest BCUT2D eigenvalue weighted by Crippen LogP contribution is -2.27. The summed E-state index contributed by atoms with van der Waals surface area (Å²) in [5.41, 5.74) is 0. The second-order valence-electron chi connectivity index (χ2n) is 2.16. The lowest BCUT2D eigenvalue weighted by atomic mass is 10.3. The Balaban J connectivity index is 3.95. The molecule has 2 N–H and O–H groups in total. The van der Waals surface area contributed by atoms with E-state index in [1.165, 1.54) is 18.8 Å². The standard InChI is InChI=1S/C7H13NO3S/c1-3-12-5(7(10)11)4-6(9)8-2/h5H,3-4H2,1-2H3,(H,8,9)(H,10,11).